The summed E-state index contributed by atoms with van der Waals surface area (Å²) >= 11 is 3.45. The third-order valence-corrected chi connectivity index (χ3v) is 2.85. The van der Waals surface area contributed by atoms with Crippen LogP contribution >= 0.6 is 15.9 Å². The van der Waals surface area contributed by atoms with Gasteiger partial charge in [0, 0.05) is 16.4 Å². The Morgan fingerprint density at radius 1 is 1.33 bits per heavy atom. The van der Waals surface area contributed by atoms with Crippen LogP contribution in [0.1, 0.15) is 26.3 Å². The maximum absolute atomic E-state index is 11.6. The van der Waals surface area contributed by atoms with E-state index in [0.29, 0.717) is 6.54 Å². The molecule has 3 heteroatoms. The van der Waals surface area contributed by atoms with Crippen molar-refractivity contribution >= 4 is 21.8 Å². The quantitative estimate of drug-likeness (QED) is 0.879. The van der Waals surface area contributed by atoms with Gasteiger partial charge in [0.2, 0.25) is 5.91 Å². The summed E-state index contributed by atoms with van der Waals surface area (Å²) in [5.74, 6) is 0.0678. The number of amides is 1. The summed E-state index contributed by atoms with van der Waals surface area (Å²) in [4.78, 5) is 11.6. The molecule has 0 fully saturated rings. The Morgan fingerprint density at radius 3 is 2.47 bits per heavy atom. The fourth-order valence-corrected chi connectivity index (χ4v) is 1.51. The van der Waals surface area contributed by atoms with Crippen molar-refractivity contribution in [2.75, 3.05) is 0 Å². The fraction of sp³-hybridized carbons (Fsp3) is 0.417. The molecule has 82 valence electrons. The van der Waals surface area contributed by atoms with E-state index in [1.807, 2.05) is 45.0 Å². The Hall–Kier alpha value is -0.830. The van der Waals surface area contributed by atoms with Gasteiger partial charge in [-0.2, -0.15) is 0 Å². The van der Waals surface area contributed by atoms with Crippen LogP contribution in [0.5, 0.6) is 0 Å². The van der Waals surface area contributed by atoms with Gasteiger partial charge in [-0.1, -0.05) is 54.9 Å². The van der Waals surface area contributed by atoms with E-state index in [2.05, 4.69) is 21.2 Å². The number of carbonyl (C=O) groups is 1. The van der Waals surface area contributed by atoms with Crippen molar-refractivity contribution in [2.24, 2.45) is 5.41 Å². The van der Waals surface area contributed by atoms with E-state index in [0.717, 1.165) is 10.0 Å². The van der Waals surface area contributed by atoms with Gasteiger partial charge >= 0.3 is 0 Å². The van der Waals surface area contributed by atoms with Gasteiger partial charge in [-0.05, 0) is 11.6 Å². The second kappa shape index (κ2) is 4.79. The Bertz CT molecular complexity index is 355. The fourth-order valence-electron chi connectivity index (χ4n) is 1.08. The van der Waals surface area contributed by atoms with E-state index < -0.39 is 0 Å². The van der Waals surface area contributed by atoms with E-state index in [9.17, 15) is 4.79 Å². The first-order valence-electron chi connectivity index (χ1n) is 4.93. The molecule has 0 unspecified atom stereocenters. The minimum Gasteiger partial charge on any atom is -0.352 e. The Balaban J connectivity index is 2.59. The van der Waals surface area contributed by atoms with Crippen LogP contribution < -0.4 is 5.32 Å². The molecule has 0 spiro atoms. The molecule has 1 N–H and O–H groups in total. The van der Waals surface area contributed by atoms with Crippen LogP contribution in [-0.2, 0) is 11.3 Å². The van der Waals surface area contributed by atoms with Crippen molar-refractivity contribution in [3.8, 4) is 0 Å². The average molecular weight is 270 g/mol. The Morgan fingerprint density at radius 2 is 1.93 bits per heavy atom. The molecule has 1 amide bonds. The van der Waals surface area contributed by atoms with E-state index in [4.69, 9.17) is 0 Å². The number of benzene rings is 1. The van der Waals surface area contributed by atoms with Gasteiger partial charge in [0.05, 0.1) is 0 Å². The predicted octanol–water partition coefficient (Wildman–Crippen LogP) is 3.11. The second-order valence-electron chi connectivity index (χ2n) is 4.52. The molecule has 0 saturated heterocycles. The Labute approximate surface area is 99.2 Å². The first-order valence-corrected chi connectivity index (χ1v) is 5.72. The molecule has 0 radical (unpaired) electrons. The molecule has 1 aromatic rings. The third kappa shape index (κ3) is 3.67. The van der Waals surface area contributed by atoms with Crippen LogP contribution in [0.15, 0.2) is 28.7 Å². The largest absolute Gasteiger partial charge is 0.352 e. The van der Waals surface area contributed by atoms with Crippen LogP contribution in [0.25, 0.3) is 0 Å². The van der Waals surface area contributed by atoms with Crippen LogP contribution in [0.2, 0.25) is 0 Å². The summed E-state index contributed by atoms with van der Waals surface area (Å²) < 4.78 is 1.03. The van der Waals surface area contributed by atoms with Gasteiger partial charge in [-0.15, -0.1) is 0 Å². The summed E-state index contributed by atoms with van der Waals surface area (Å²) in [5.41, 5.74) is 0.761. The van der Waals surface area contributed by atoms with Gasteiger partial charge < -0.3 is 5.32 Å². The second-order valence-corrected chi connectivity index (χ2v) is 5.38. The van der Waals surface area contributed by atoms with Crippen molar-refractivity contribution in [1.82, 2.24) is 5.32 Å². The van der Waals surface area contributed by atoms with E-state index in [1.165, 1.54) is 0 Å². The molecule has 0 aliphatic heterocycles. The molecule has 1 aromatic carbocycles. The van der Waals surface area contributed by atoms with Crippen molar-refractivity contribution in [3.63, 3.8) is 0 Å². The molecule has 0 saturated carbocycles. The van der Waals surface area contributed by atoms with Crippen LogP contribution in [-0.4, -0.2) is 5.91 Å². The number of carbonyl (C=O) groups excluding carboxylic acids is 1. The highest BCUT2D eigenvalue weighted by Crippen LogP contribution is 2.17. The normalized spacial score (nSPS) is 11.2. The number of rotatable bonds is 2. The van der Waals surface area contributed by atoms with Crippen molar-refractivity contribution < 1.29 is 4.79 Å². The van der Waals surface area contributed by atoms with Gasteiger partial charge in [-0.3, -0.25) is 4.79 Å². The first-order chi connectivity index (χ1) is 6.91. The summed E-state index contributed by atoms with van der Waals surface area (Å²) in [6.07, 6.45) is 0. The predicted molar refractivity (Wildman–Crippen MR) is 65.4 cm³/mol. The van der Waals surface area contributed by atoms with E-state index in [1.54, 1.807) is 0 Å². The monoisotopic (exact) mass is 269 g/mol. The lowest BCUT2D eigenvalue weighted by Crippen LogP contribution is -2.34. The molecule has 0 aliphatic carbocycles. The molecule has 1 rings (SSSR count). The van der Waals surface area contributed by atoms with Crippen molar-refractivity contribution in [2.45, 2.75) is 27.3 Å². The highest BCUT2D eigenvalue weighted by molar-refractivity contribution is 9.10. The first kappa shape index (κ1) is 12.2. The van der Waals surface area contributed by atoms with Crippen LogP contribution in [0.4, 0.5) is 0 Å². The summed E-state index contributed by atoms with van der Waals surface area (Å²) in [5, 5.41) is 2.91. The zero-order valence-electron chi connectivity index (χ0n) is 9.30. The van der Waals surface area contributed by atoms with Crippen molar-refractivity contribution in [3.05, 3.63) is 34.3 Å². The molecule has 0 aromatic heterocycles. The molecule has 0 heterocycles. The molecule has 0 atom stereocenters. The number of hydrogen-bond acceptors (Lipinski definition) is 1. The Kier molecular flexibility index (Phi) is 3.91. The minimum absolute atomic E-state index is 0.0678. The zero-order valence-corrected chi connectivity index (χ0v) is 10.9. The van der Waals surface area contributed by atoms with Crippen molar-refractivity contribution in [1.29, 1.82) is 0 Å². The molecule has 0 aliphatic rings. The van der Waals surface area contributed by atoms with Crippen LogP contribution in [0, 0.1) is 5.41 Å². The maximum atomic E-state index is 11.6. The lowest BCUT2D eigenvalue weighted by Gasteiger charge is -2.17. The topological polar surface area (TPSA) is 29.1 Å². The third-order valence-electron chi connectivity index (χ3n) is 2.08. The van der Waals surface area contributed by atoms with Gasteiger partial charge in [0.25, 0.3) is 0 Å². The lowest BCUT2D eigenvalue weighted by molar-refractivity contribution is -0.128. The van der Waals surface area contributed by atoms with Gasteiger partial charge in [0.15, 0.2) is 0 Å². The smallest absolute Gasteiger partial charge is 0.225 e. The summed E-state index contributed by atoms with van der Waals surface area (Å²) in [7, 11) is 0. The molecule has 0 bridgehead atoms. The zero-order chi connectivity index (χ0) is 11.5. The average Bonchev–Trinajstić information content (AvgIpc) is 2.14. The van der Waals surface area contributed by atoms with Gasteiger partial charge in [-0.25, -0.2) is 0 Å². The summed E-state index contributed by atoms with van der Waals surface area (Å²) in [6.45, 7) is 6.28. The minimum atomic E-state index is -0.332. The highest BCUT2D eigenvalue weighted by Gasteiger charge is 2.20. The maximum Gasteiger partial charge on any atom is 0.225 e. The van der Waals surface area contributed by atoms with E-state index in [-0.39, 0.29) is 11.3 Å². The standard InChI is InChI=1S/C12H16BrNO/c1-12(2,3)11(15)14-8-9-6-4-5-7-10(9)13/h4-7H,8H2,1-3H3,(H,14,15). The molecular formula is C12H16BrNO. The van der Waals surface area contributed by atoms with Crippen LogP contribution in [0.3, 0.4) is 0 Å². The molecular weight excluding hydrogens is 254 g/mol. The highest BCUT2D eigenvalue weighted by atomic mass is 79.9. The molecule has 15 heavy (non-hydrogen) atoms. The molecule has 2 nitrogen and oxygen atoms in total. The van der Waals surface area contributed by atoms with Gasteiger partial charge in [0.1, 0.15) is 0 Å². The number of nitrogens with one attached hydrogen (secondary N) is 1. The number of halogens is 1. The van der Waals surface area contributed by atoms with E-state index >= 15 is 0 Å². The number of hydrogen-bond donors (Lipinski definition) is 1. The lowest BCUT2D eigenvalue weighted by atomic mass is 9.95. The SMILES string of the molecule is CC(C)(C)C(=O)NCc1ccccc1Br. The summed E-state index contributed by atoms with van der Waals surface area (Å²) in [6, 6.07) is 7.88.